The van der Waals surface area contributed by atoms with Gasteiger partial charge in [0.05, 0.1) is 11.7 Å². The van der Waals surface area contributed by atoms with Crippen molar-refractivity contribution in [3.63, 3.8) is 0 Å². The first-order valence-corrected chi connectivity index (χ1v) is 12.6. The number of aryl methyl sites for hydroxylation is 3. The molecule has 1 unspecified atom stereocenters. The van der Waals surface area contributed by atoms with E-state index in [1.807, 2.05) is 0 Å². The number of piperazine rings is 1. The third kappa shape index (κ3) is 4.38. The molecule has 1 fully saturated rings. The average molecular weight is 455 g/mol. The van der Waals surface area contributed by atoms with Gasteiger partial charge < -0.3 is 4.90 Å². The summed E-state index contributed by atoms with van der Waals surface area (Å²) < 4.78 is 14.9. The highest BCUT2D eigenvalue weighted by atomic mass is 32.1. The molecule has 0 amide bonds. The number of hydrogen-bond donors (Lipinski definition) is 0. The molecule has 1 aromatic carbocycles. The fraction of sp³-hybridized carbons (Fsp3) is 0.520. The van der Waals surface area contributed by atoms with E-state index in [1.54, 1.807) is 34.4 Å². The lowest BCUT2D eigenvalue weighted by molar-refractivity contribution is 0.0902. The summed E-state index contributed by atoms with van der Waals surface area (Å²) in [4.78, 5) is 25.4. The fourth-order valence-electron chi connectivity index (χ4n) is 5.22. The summed E-state index contributed by atoms with van der Waals surface area (Å²) in [5.41, 5.74) is 2.33. The van der Waals surface area contributed by atoms with Gasteiger partial charge in [-0.1, -0.05) is 19.1 Å². The highest BCUT2D eigenvalue weighted by Crippen LogP contribution is 2.35. The van der Waals surface area contributed by atoms with E-state index in [0.717, 1.165) is 48.1 Å². The zero-order chi connectivity index (χ0) is 22.1. The van der Waals surface area contributed by atoms with E-state index < -0.39 is 0 Å². The average Bonchev–Trinajstić information content (AvgIpc) is 3.19. The van der Waals surface area contributed by atoms with Gasteiger partial charge in [-0.2, -0.15) is 0 Å². The van der Waals surface area contributed by atoms with Gasteiger partial charge in [-0.05, 0) is 61.9 Å². The zero-order valence-electron chi connectivity index (χ0n) is 18.7. The predicted octanol–water partition coefficient (Wildman–Crippen LogP) is 3.72. The van der Waals surface area contributed by atoms with E-state index in [-0.39, 0.29) is 11.4 Å². The van der Waals surface area contributed by atoms with Crippen molar-refractivity contribution in [2.75, 3.05) is 32.7 Å². The molecule has 0 spiro atoms. The number of aromatic nitrogens is 2. The number of nitrogens with zero attached hydrogens (tertiary/aromatic N) is 4. The van der Waals surface area contributed by atoms with Gasteiger partial charge in [0.1, 0.15) is 10.6 Å². The van der Waals surface area contributed by atoms with Crippen LogP contribution in [0, 0.1) is 5.82 Å². The highest BCUT2D eigenvalue weighted by Gasteiger charge is 2.30. The first-order chi connectivity index (χ1) is 15.6. The molecule has 32 heavy (non-hydrogen) atoms. The van der Waals surface area contributed by atoms with Crippen LogP contribution in [0.5, 0.6) is 0 Å². The summed E-state index contributed by atoms with van der Waals surface area (Å²) in [6, 6.07) is 7.08. The van der Waals surface area contributed by atoms with E-state index in [2.05, 4.69) is 21.7 Å². The Bertz CT molecular complexity index is 1130. The zero-order valence-corrected chi connectivity index (χ0v) is 19.5. The third-order valence-corrected chi connectivity index (χ3v) is 8.19. The molecule has 3 aromatic rings. The molecule has 0 N–H and O–H groups in total. The summed E-state index contributed by atoms with van der Waals surface area (Å²) in [5, 5.41) is 0.831. The number of rotatable bonds is 6. The Morgan fingerprint density at radius 3 is 2.66 bits per heavy atom. The summed E-state index contributed by atoms with van der Waals surface area (Å²) in [6.07, 6.45) is 6.72. The van der Waals surface area contributed by atoms with Gasteiger partial charge in [-0.3, -0.25) is 14.3 Å². The second-order valence-electron chi connectivity index (χ2n) is 9.08. The van der Waals surface area contributed by atoms with Crippen molar-refractivity contribution < 1.29 is 4.39 Å². The molecule has 0 bridgehead atoms. The van der Waals surface area contributed by atoms with Crippen LogP contribution in [0.4, 0.5) is 4.39 Å². The minimum absolute atomic E-state index is 0.0706. The molecular formula is C25H31FN4OS. The lowest BCUT2D eigenvalue weighted by atomic mass is 9.91. The standard InChI is InChI=1S/C25H31FN4OS/c1-2-10-28-12-14-29(15-13-28)20-7-8-21-22(16-20)32-24-23(21)25(31)30(17-27-24)11-9-18-3-5-19(26)6-4-18/h3-6,17,20H,2,7-16H2,1H3. The maximum atomic E-state index is 13.3. The molecule has 1 aliphatic heterocycles. The van der Waals surface area contributed by atoms with Crippen LogP contribution in [0.15, 0.2) is 35.4 Å². The number of thiophene rings is 1. The molecule has 170 valence electrons. The first-order valence-electron chi connectivity index (χ1n) is 11.8. The second-order valence-corrected chi connectivity index (χ2v) is 10.2. The monoisotopic (exact) mass is 454 g/mol. The van der Waals surface area contributed by atoms with Gasteiger partial charge in [0.2, 0.25) is 0 Å². The molecule has 7 heteroatoms. The molecule has 1 atom stereocenters. The smallest absolute Gasteiger partial charge is 0.262 e. The van der Waals surface area contributed by atoms with E-state index in [0.29, 0.717) is 19.0 Å². The van der Waals surface area contributed by atoms with Crippen LogP contribution in [-0.2, 0) is 25.8 Å². The van der Waals surface area contributed by atoms with Gasteiger partial charge in [-0.15, -0.1) is 11.3 Å². The molecule has 2 aliphatic rings. The number of hydrogen-bond acceptors (Lipinski definition) is 5. The molecule has 5 rings (SSSR count). The fourth-order valence-corrected chi connectivity index (χ4v) is 6.47. The molecule has 0 saturated carbocycles. The van der Waals surface area contributed by atoms with Crippen molar-refractivity contribution in [2.24, 2.45) is 0 Å². The Kier molecular flexibility index (Phi) is 6.40. The SMILES string of the molecule is CCCN1CCN(C2CCc3c(sc4ncn(CCc5ccc(F)cc5)c(=O)c34)C2)CC1. The molecule has 3 heterocycles. The van der Waals surface area contributed by atoms with Crippen LogP contribution in [0.1, 0.15) is 35.8 Å². The van der Waals surface area contributed by atoms with Crippen LogP contribution < -0.4 is 5.56 Å². The van der Waals surface area contributed by atoms with Crippen molar-refractivity contribution in [2.45, 2.75) is 51.6 Å². The van der Waals surface area contributed by atoms with Gasteiger partial charge in [0.25, 0.3) is 5.56 Å². The summed E-state index contributed by atoms with van der Waals surface area (Å²) in [7, 11) is 0. The number of fused-ring (bicyclic) bond motifs is 3. The second kappa shape index (κ2) is 9.41. The van der Waals surface area contributed by atoms with Crippen LogP contribution in [-0.4, -0.2) is 58.1 Å². The Morgan fingerprint density at radius 2 is 1.91 bits per heavy atom. The van der Waals surface area contributed by atoms with Gasteiger partial charge in [0.15, 0.2) is 0 Å². The number of benzene rings is 1. The minimum Gasteiger partial charge on any atom is -0.301 e. The minimum atomic E-state index is -0.236. The molecule has 2 aromatic heterocycles. The van der Waals surface area contributed by atoms with Crippen molar-refractivity contribution >= 4 is 21.6 Å². The predicted molar refractivity (Wildman–Crippen MR) is 128 cm³/mol. The summed E-state index contributed by atoms with van der Waals surface area (Å²) >= 11 is 1.71. The molecule has 0 radical (unpaired) electrons. The van der Waals surface area contributed by atoms with Crippen LogP contribution in [0.25, 0.3) is 10.2 Å². The molecule has 1 aliphatic carbocycles. The maximum absolute atomic E-state index is 13.3. The molecule has 5 nitrogen and oxygen atoms in total. The maximum Gasteiger partial charge on any atom is 0.262 e. The van der Waals surface area contributed by atoms with Gasteiger partial charge in [0, 0.05) is 43.6 Å². The van der Waals surface area contributed by atoms with Crippen LogP contribution in [0.2, 0.25) is 0 Å². The quantitative estimate of drug-likeness (QED) is 0.569. The number of halogens is 1. The Balaban J connectivity index is 1.31. The first kappa shape index (κ1) is 21.7. The third-order valence-electron chi connectivity index (χ3n) is 7.03. The van der Waals surface area contributed by atoms with Crippen molar-refractivity contribution in [3.05, 3.63) is 62.8 Å². The van der Waals surface area contributed by atoms with Crippen molar-refractivity contribution in [3.8, 4) is 0 Å². The normalized spacial score (nSPS) is 20.0. The van der Waals surface area contributed by atoms with E-state index in [1.165, 1.54) is 48.6 Å². The Hall–Kier alpha value is -2.09. The summed E-state index contributed by atoms with van der Waals surface area (Å²) in [6.45, 7) is 8.66. The molecule has 1 saturated heterocycles. The Morgan fingerprint density at radius 1 is 1.12 bits per heavy atom. The molecular weight excluding hydrogens is 423 g/mol. The summed E-state index contributed by atoms with van der Waals surface area (Å²) in [5.74, 6) is -0.236. The van der Waals surface area contributed by atoms with Gasteiger partial charge >= 0.3 is 0 Å². The van der Waals surface area contributed by atoms with E-state index in [4.69, 9.17) is 0 Å². The highest BCUT2D eigenvalue weighted by molar-refractivity contribution is 7.18. The van der Waals surface area contributed by atoms with Crippen LogP contribution in [0.3, 0.4) is 0 Å². The van der Waals surface area contributed by atoms with Crippen LogP contribution >= 0.6 is 11.3 Å². The Labute approximate surface area is 192 Å². The van der Waals surface area contributed by atoms with Gasteiger partial charge in [-0.25, -0.2) is 9.37 Å². The largest absolute Gasteiger partial charge is 0.301 e. The van der Waals surface area contributed by atoms with E-state index in [9.17, 15) is 9.18 Å². The topological polar surface area (TPSA) is 41.4 Å². The lowest BCUT2D eigenvalue weighted by Gasteiger charge is -2.40. The van der Waals surface area contributed by atoms with Crippen molar-refractivity contribution in [1.29, 1.82) is 0 Å². The van der Waals surface area contributed by atoms with Crippen molar-refractivity contribution in [1.82, 2.24) is 19.4 Å². The van der Waals surface area contributed by atoms with E-state index >= 15 is 0 Å². The lowest BCUT2D eigenvalue weighted by Crippen LogP contribution is -2.51.